The molecule has 1 aliphatic heterocycles. The van der Waals surface area contributed by atoms with Crippen LogP contribution < -0.4 is 5.32 Å². The van der Waals surface area contributed by atoms with Crippen LogP contribution in [0.4, 0.5) is 0 Å². The Morgan fingerprint density at radius 2 is 1.89 bits per heavy atom. The van der Waals surface area contributed by atoms with Gasteiger partial charge in [0.15, 0.2) is 0 Å². The second-order valence-electron chi connectivity index (χ2n) is 6.31. The van der Waals surface area contributed by atoms with Gasteiger partial charge in [0.25, 0.3) is 0 Å². The number of rotatable bonds is 7. The zero-order chi connectivity index (χ0) is 13.5. The van der Waals surface area contributed by atoms with Crippen LogP contribution in [0.25, 0.3) is 0 Å². The average Bonchev–Trinajstić information content (AvgIpc) is 2.32. The van der Waals surface area contributed by atoms with Crippen LogP contribution in [0.5, 0.6) is 0 Å². The van der Waals surface area contributed by atoms with E-state index in [4.69, 9.17) is 0 Å². The molecule has 0 aromatic rings. The maximum absolute atomic E-state index is 3.50. The summed E-state index contributed by atoms with van der Waals surface area (Å²) in [7, 11) is 4.54. The normalized spacial score (nSPS) is 20.8. The highest BCUT2D eigenvalue weighted by atomic mass is 15.2. The van der Waals surface area contributed by atoms with Crippen molar-refractivity contribution in [1.82, 2.24) is 15.1 Å². The molecule has 0 aromatic heterocycles. The van der Waals surface area contributed by atoms with Gasteiger partial charge in [0.1, 0.15) is 0 Å². The Balaban J connectivity index is 2.38. The third kappa shape index (κ3) is 5.25. The second kappa shape index (κ2) is 8.13. The van der Waals surface area contributed by atoms with Gasteiger partial charge in [-0.15, -0.1) is 0 Å². The Hall–Kier alpha value is -0.120. The minimum Gasteiger partial charge on any atom is -0.315 e. The second-order valence-corrected chi connectivity index (χ2v) is 6.31. The number of likely N-dealkylation sites (N-methyl/N-ethyl adjacent to an activating group) is 2. The molecule has 0 amide bonds. The summed E-state index contributed by atoms with van der Waals surface area (Å²) < 4.78 is 0. The highest BCUT2D eigenvalue weighted by molar-refractivity contribution is 4.79. The zero-order valence-electron chi connectivity index (χ0n) is 13.1. The summed E-state index contributed by atoms with van der Waals surface area (Å²) in [6, 6.07) is 0.671. The Morgan fingerprint density at radius 1 is 1.28 bits per heavy atom. The minimum atomic E-state index is 0.671. The third-order valence-corrected chi connectivity index (χ3v) is 4.32. The number of piperidine rings is 1. The van der Waals surface area contributed by atoms with Crippen molar-refractivity contribution < 1.29 is 0 Å². The van der Waals surface area contributed by atoms with Crippen molar-refractivity contribution in [3.05, 3.63) is 0 Å². The fourth-order valence-corrected chi connectivity index (χ4v) is 2.98. The molecule has 1 saturated heterocycles. The molecule has 1 aliphatic rings. The summed E-state index contributed by atoms with van der Waals surface area (Å²) in [5, 5.41) is 3.50. The largest absolute Gasteiger partial charge is 0.315 e. The molecule has 0 radical (unpaired) electrons. The highest BCUT2D eigenvalue weighted by Gasteiger charge is 2.23. The first-order valence-electron chi connectivity index (χ1n) is 7.64. The van der Waals surface area contributed by atoms with Crippen molar-refractivity contribution >= 4 is 0 Å². The van der Waals surface area contributed by atoms with E-state index in [9.17, 15) is 0 Å². The van der Waals surface area contributed by atoms with Crippen LogP contribution in [0.15, 0.2) is 0 Å². The first kappa shape index (κ1) is 15.9. The lowest BCUT2D eigenvalue weighted by molar-refractivity contribution is 0.127. The summed E-state index contributed by atoms with van der Waals surface area (Å²) in [6.45, 7) is 12.9. The molecule has 0 aliphatic carbocycles. The van der Waals surface area contributed by atoms with E-state index in [1.165, 1.54) is 32.5 Å². The number of hydrogen-bond acceptors (Lipinski definition) is 3. The van der Waals surface area contributed by atoms with Crippen molar-refractivity contribution in [3.8, 4) is 0 Å². The summed E-state index contributed by atoms with van der Waals surface area (Å²) in [5.74, 6) is 1.62. The first-order chi connectivity index (χ1) is 8.54. The Kier molecular flexibility index (Phi) is 7.20. The molecular weight excluding hydrogens is 222 g/mol. The lowest BCUT2D eigenvalue weighted by atomic mass is 9.94. The van der Waals surface area contributed by atoms with Crippen molar-refractivity contribution in [2.24, 2.45) is 11.8 Å². The maximum Gasteiger partial charge on any atom is 0.0240 e. The highest BCUT2D eigenvalue weighted by Crippen LogP contribution is 2.19. The molecule has 0 bridgehead atoms. The van der Waals surface area contributed by atoms with E-state index in [2.05, 4.69) is 50.0 Å². The van der Waals surface area contributed by atoms with Crippen LogP contribution in [0.3, 0.4) is 0 Å². The van der Waals surface area contributed by atoms with Crippen LogP contribution in [0, 0.1) is 11.8 Å². The molecule has 1 fully saturated rings. The van der Waals surface area contributed by atoms with Gasteiger partial charge < -0.3 is 15.1 Å². The smallest absolute Gasteiger partial charge is 0.0240 e. The standard InChI is InChI=1S/C15H33N3/c1-6-16-11-15(13(2)3)18(5)12-14-7-9-17(4)10-8-14/h13-16H,6-12H2,1-5H3. The Morgan fingerprint density at radius 3 is 2.39 bits per heavy atom. The third-order valence-electron chi connectivity index (χ3n) is 4.32. The summed E-state index contributed by atoms with van der Waals surface area (Å²) in [6.07, 6.45) is 2.74. The monoisotopic (exact) mass is 255 g/mol. The van der Waals surface area contributed by atoms with E-state index >= 15 is 0 Å². The number of likely N-dealkylation sites (tertiary alicyclic amines) is 1. The van der Waals surface area contributed by atoms with E-state index in [1.54, 1.807) is 0 Å². The molecule has 1 unspecified atom stereocenters. The molecule has 0 spiro atoms. The number of nitrogens with one attached hydrogen (secondary N) is 1. The van der Waals surface area contributed by atoms with Gasteiger partial charge in [-0.1, -0.05) is 20.8 Å². The molecular formula is C15H33N3. The Bertz CT molecular complexity index is 210. The van der Waals surface area contributed by atoms with Gasteiger partial charge in [-0.25, -0.2) is 0 Å². The number of nitrogens with zero attached hydrogens (tertiary/aromatic N) is 2. The predicted molar refractivity (Wildman–Crippen MR) is 80.0 cm³/mol. The SMILES string of the molecule is CCNCC(C(C)C)N(C)CC1CCN(C)CC1. The fourth-order valence-electron chi connectivity index (χ4n) is 2.98. The minimum absolute atomic E-state index is 0.671. The topological polar surface area (TPSA) is 18.5 Å². The van der Waals surface area contributed by atoms with Crippen LogP contribution in [-0.2, 0) is 0 Å². The van der Waals surface area contributed by atoms with Gasteiger partial charge in [-0.05, 0) is 58.4 Å². The summed E-state index contributed by atoms with van der Waals surface area (Å²) in [5.41, 5.74) is 0. The molecule has 1 rings (SSSR count). The first-order valence-corrected chi connectivity index (χ1v) is 7.64. The summed E-state index contributed by atoms with van der Waals surface area (Å²) >= 11 is 0. The van der Waals surface area contributed by atoms with Crippen molar-refractivity contribution in [3.63, 3.8) is 0 Å². The molecule has 3 nitrogen and oxygen atoms in total. The van der Waals surface area contributed by atoms with E-state index in [-0.39, 0.29) is 0 Å². The molecule has 0 aromatic carbocycles. The van der Waals surface area contributed by atoms with Gasteiger partial charge >= 0.3 is 0 Å². The van der Waals surface area contributed by atoms with Gasteiger partial charge in [0.2, 0.25) is 0 Å². The van der Waals surface area contributed by atoms with Crippen LogP contribution in [0.1, 0.15) is 33.6 Å². The maximum atomic E-state index is 3.50. The molecule has 1 atom stereocenters. The van der Waals surface area contributed by atoms with Crippen molar-refractivity contribution in [1.29, 1.82) is 0 Å². The fraction of sp³-hybridized carbons (Fsp3) is 1.00. The van der Waals surface area contributed by atoms with Gasteiger partial charge in [-0.2, -0.15) is 0 Å². The quantitative estimate of drug-likeness (QED) is 0.749. The zero-order valence-corrected chi connectivity index (χ0v) is 13.1. The summed E-state index contributed by atoms with van der Waals surface area (Å²) in [4.78, 5) is 5.04. The molecule has 1 heterocycles. The molecule has 3 heteroatoms. The van der Waals surface area contributed by atoms with Crippen LogP contribution >= 0.6 is 0 Å². The van der Waals surface area contributed by atoms with E-state index < -0.39 is 0 Å². The lowest BCUT2D eigenvalue weighted by Gasteiger charge is -2.36. The number of hydrogen-bond donors (Lipinski definition) is 1. The van der Waals surface area contributed by atoms with Crippen LogP contribution in [-0.4, -0.2) is 62.7 Å². The molecule has 108 valence electrons. The van der Waals surface area contributed by atoms with Crippen LogP contribution in [0.2, 0.25) is 0 Å². The van der Waals surface area contributed by atoms with E-state index in [0.717, 1.165) is 24.9 Å². The molecule has 18 heavy (non-hydrogen) atoms. The molecule has 1 N–H and O–H groups in total. The van der Waals surface area contributed by atoms with Crippen molar-refractivity contribution in [2.45, 2.75) is 39.7 Å². The van der Waals surface area contributed by atoms with E-state index in [1.807, 2.05) is 0 Å². The predicted octanol–water partition coefficient (Wildman–Crippen LogP) is 1.89. The van der Waals surface area contributed by atoms with E-state index in [0.29, 0.717) is 6.04 Å². The average molecular weight is 255 g/mol. The molecule has 0 saturated carbocycles. The van der Waals surface area contributed by atoms with Gasteiger partial charge in [-0.3, -0.25) is 0 Å². The van der Waals surface area contributed by atoms with Gasteiger partial charge in [0, 0.05) is 19.1 Å². The van der Waals surface area contributed by atoms with Crippen molar-refractivity contribution in [2.75, 3.05) is 46.8 Å². The lowest BCUT2D eigenvalue weighted by Crippen LogP contribution is -2.46. The van der Waals surface area contributed by atoms with Gasteiger partial charge in [0.05, 0.1) is 0 Å². The Labute approximate surface area is 114 Å².